The van der Waals surface area contributed by atoms with E-state index < -0.39 is 0 Å². The standard InChI is InChI=1S/C21H28N6O2.HI/c1-15-13-16(2)27(25-15)18-8-5-4-7-17(18)14-24-21(22-3)23-11-12-26-19(28)9-6-10-20(26)29;/h4-5,7-8,13H,6,9-12,14H2,1-3H3,(H2,22,23,24);1H. The van der Waals surface area contributed by atoms with Gasteiger partial charge in [0.2, 0.25) is 11.8 Å². The summed E-state index contributed by atoms with van der Waals surface area (Å²) in [5.41, 5.74) is 4.16. The minimum Gasteiger partial charge on any atom is -0.355 e. The lowest BCUT2D eigenvalue weighted by Gasteiger charge is -2.25. The van der Waals surface area contributed by atoms with E-state index in [0.717, 1.165) is 22.6 Å². The predicted octanol–water partition coefficient (Wildman–Crippen LogP) is 2.31. The molecule has 3 rings (SSSR count). The number of likely N-dealkylation sites (tertiary alicyclic amines) is 1. The molecular formula is C21H29IN6O2. The van der Waals surface area contributed by atoms with Gasteiger partial charge in [0.15, 0.2) is 5.96 Å². The third-order valence-electron chi connectivity index (χ3n) is 4.91. The number of nitrogens with one attached hydrogen (secondary N) is 2. The van der Waals surface area contributed by atoms with Crippen molar-refractivity contribution in [3.05, 3.63) is 47.3 Å². The first-order chi connectivity index (χ1) is 14.0. The first kappa shape index (κ1) is 23.8. The van der Waals surface area contributed by atoms with Crippen molar-refractivity contribution in [2.45, 2.75) is 39.7 Å². The number of halogens is 1. The molecule has 1 fully saturated rings. The quantitative estimate of drug-likeness (QED) is 0.262. The number of piperidine rings is 1. The number of benzene rings is 1. The van der Waals surface area contributed by atoms with E-state index in [-0.39, 0.29) is 35.8 Å². The number of imide groups is 1. The zero-order valence-corrected chi connectivity index (χ0v) is 20.0. The molecule has 1 aromatic heterocycles. The lowest BCUT2D eigenvalue weighted by molar-refractivity contribution is -0.147. The van der Waals surface area contributed by atoms with Crippen molar-refractivity contribution in [3.63, 3.8) is 0 Å². The molecule has 9 heteroatoms. The van der Waals surface area contributed by atoms with Gasteiger partial charge in [-0.15, -0.1) is 24.0 Å². The van der Waals surface area contributed by atoms with Gasteiger partial charge in [-0.1, -0.05) is 18.2 Å². The average molecular weight is 524 g/mol. The second-order valence-corrected chi connectivity index (χ2v) is 7.11. The maximum Gasteiger partial charge on any atom is 0.229 e. The Bertz CT molecular complexity index is 908. The topological polar surface area (TPSA) is 91.6 Å². The van der Waals surface area contributed by atoms with Gasteiger partial charge in [-0.3, -0.25) is 19.5 Å². The van der Waals surface area contributed by atoms with Gasteiger partial charge >= 0.3 is 0 Å². The average Bonchev–Trinajstić information content (AvgIpc) is 3.04. The first-order valence-electron chi connectivity index (χ1n) is 9.89. The first-order valence-corrected chi connectivity index (χ1v) is 9.89. The van der Waals surface area contributed by atoms with E-state index in [1.165, 1.54) is 4.90 Å². The molecular weight excluding hydrogens is 495 g/mol. The number of carbonyl (C=O) groups excluding carboxylic acids is 2. The Morgan fingerprint density at radius 1 is 1.13 bits per heavy atom. The number of rotatable bonds is 6. The fourth-order valence-corrected chi connectivity index (χ4v) is 3.47. The summed E-state index contributed by atoms with van der Waals surface area (Å²) < 4.78 is 1.94. The summed E-state index contributed by atoms with van der Waals surface area (Å²) in [4.78, 5) is 29.3. The highest BCUT2D eigenvalue weighted by molar-refractivity contribution is 14.0. The van der Waals surface area contributed by atoms with Crippen LogP contribution in [0, 0.1) is 13.8 Å². The number of nitrogens with zero attached hydrogens (tertiary/aromatic N) is 4. The van der Waals surface area contributed by atoms with Gasteiger partial charge in [0.1, 0.15) is 0 Å². The van der Waals surface area contributed by atoms with Crippen LogP contribution in [-0.2, 0) is 16.1 Å². The van der Waals surface area contributed by atoms with Gasteiger partial charge in [0, 0.05) is 45.2 Å². The number of amides is 2. The highest BCUT2D eigenvalue weighted by atomic mass is 127. The minimum atomic E-state index is -0.0928. The highest BCUT2D eigenvalue weighted by Gasteiger charge is 2.25. The molecule has 2 amide bonds. The largest absolute Gasteiger partial charge is 0.355 e. The van der Waals surface area contributed by atoms with Gasteiger partial charge in [0.25, 0.3) is 0 Å². The zero-order valence-electron chi connectivity index (χ0n) is 17.6. The minimum absolute atomic E-state index is 0. The van der Waals surface area contributed by atoms with Crippen LogP contribution in [0.5, 0.6) is 0 Å². The van der Waals surface area contributed by atoms with Crippen molar-refractivity contribution in [3.8, 4) is 5.69 Å². The number of hydrogen-bond donors (Lipinski definition) is 2. The van der Waals surface area contributed by atoms with E-state index in [0.29, 0.717) is 44.9 Å². The zero-order chi connectivity index (χ0) is 20.8. The molecule has 0 atom stereocenters. The normalized spacial score (nSPS) is 14.5. The Balaban J connectivity index is 0.00000320. The van der Waals surface area contributed by atoms with Crippen LogP contribution in [0.3, 0.4) is 0 Å². The van der Waals surface area contributed by atoms with Crippen LogP contribution in [0.4, 0.5) is 0 Å². The summed E-state index contributed by atoms with van der Waals surface area (Å²) in [6.45, 7) is 5.38. The van der Waals surface area contributed by atoms with E-state index >= 15 is 0 Å². The number of guanidine groups is 1. The van der Waals surface area contributed by atoms with E-state index in [4.69, 9.17) is 0 Å². The molecule has 2 aromatic rings. The van der Waals surface area contributed by atoms with Crippen molar-refractivity contribution in [1.29, 1.82) is 0 Å². The van der Waals surface area contributed by atoms with Crippen molar-refractivity contribution in [2.75, 3.05) is 20.1 Å². The van der Waals surface area contributed by atoms with E-state index in [2.05, 4.69) is 26.8 Å². The molecule has 30 heavy (non-hydrogen) atoms. The van der Waals surface area contributed by atoms with Crippen LogP contribution in [0.15, 0.2) is 35.3 Å². The van der Waals surface area contributed by atoms with Crippen LogP contribution in [-0.4, -0.2) is 52.6 Å². The fourth-order valence-electron chi connectivity index (χ4n) is 3.47. The smallest absolute Gasteiger partial charge is 0.229 e. The molecule has 0 aliphatic carbocycles. The van der Waals surface area contributed by atoms with E-state index in [1.807, 2.05) is 42.8 Å². The molecule has 0 radical (unpaired) electrons. The maximum atomic E-state index is 11.9. The summed E-state index contributed by atoms with van der Waals surface area (Å²) >= 11 is 0. The molecule has 1 aromatic carbocycles. The third-order valence-corrected chi connectivity index (χ3v) is 4.91. The Morgan fingerprint density at radius 2 is 1.83 bits per heavy atom. The maximum absolute atomic E-state index is 11.9. The lowest BCUT2D eigenvalue weighted by atomic mass is 10.1. The summed E-state index contributed by atoms with van der Waals surface area (Å²) in [6, 6.07) is 10.1. The van der Waals surface area contributed by atoms with E-state index in [1.54, 1.807) is 7.05 Å². The second-order valence-electron chi connectivity index (χ2n) is 7.11. The Morgan fingerprint density at radius 3 is 2.47 bits per heavy atom. The predicted molar refractivity (Wildman–Crippen MR) is 127 cm³/mol. The van der Waals surface area contributed by atoms with Gasteiger partial charge in [-0.2, -0.15) is 5.10 Å². The van der Waals surface area contributed by atoms with Crippen LogP contribution < -0.4 is 10.6 Å². The molecule has 0 spiro atoms. The van der Waals surface area contributed by atoms with Crippen LogP contribution in [0.1, 0.15) is 36.2 Å². The molecule has 2 heterocycles. The van der Waals surface area contributed by atoms with Crippen LogP contribution in [0.2, 0.25) is 0 Å². The number of carbonyl (C=O) groups is 2. The van der Waals surface area contributed by atoms with Gasteiger partial charge in [0.05, 0.1) is 11.4 Å². The number of aromatic nitrogens is 2. The Kier molecular flexibility index (Phi) is 8.82. The highest BCUT2D eigenvalue weighted by Crippen LogP contribution is 2.17. The van der Waals surface area contributed by atoms with Crippen molar-refractivity contribution >= 4 is 41.8 Å². The van der Waals surface area contributed by atoms with Gasteiger partial charge in [-0.05, 0) is 38.0 Å². The fraction of sp³-hybridized carbons (Fsp3) is 0.429. The number of aliphatic imine (C=N–C) groups is 1. The summed E-state index contributed by atoms with van der Waals surface area (Å²) in [5.74, 6) is 0.430. The van der Waals surface area contributed by atoms with Crippen LogP contribution in [0.25, 0.3) is 5.69 Å². The number of para-hydroxylation sites is 1. The SMILES string of the molecule is CN=C(NCCN1C(=O)CCCC1=O)NCc1ccccc1-n1nc(C)cc1C.I. The molecule has 8 nitrogen and oxygen atoms in total. The van der Waals surface area contributed by atoms with Gasteiger partial charge in [-0.25, -0.2) is 4.68 Å². The van der Waals surface area contributed by atoms with Gasteiger partial charge < -0.3 is 10.6 Å². The van der Waals surface area contributed by atoms with Crippen LogP contribution >= 0.6 is 24.0 Å². The van der Waals surface area contributed by atoms with Crippen molar-refractivity contribution in [2.24, 2.45) is 4.99 Å². The van der Waals surface area contributed by atoms with Crippen molar-refractivity contribution in [1.82, 2.24) is 25.3 Å². The molecule has 0 saturated carbocycles. The third kappa shape index (κ3) is 5.80. The molecule has 1 aliphatic heterocycles. The Labute approximate surface area is 194 Å². The lowest BCUT2D eigenvalue weighted by Crippen LogP contribution is -2.46. The second kappa shape index (κ2) is 11.1. The number of hydrogen-bond acceptors (Lipinski definition) is 4. The molecule has 2 N–H and O–H groups in total. The Hall–Kier alpha value is -2.43. The molecule has 0 bridgehead atoms. The summed E-state index contributed by atoms with van der Waals surface area (Å²) in [5, 5.41) is 11.0. The monoisotopic (exact) mass is 524 g/mol. The summed E-state index contributed by atoms with van der Waals surface area (Å²) in [6.07, 6.45) is 1.54. The van der Waals surface area contributed by atoms with E-state index in [9.17, 15) is 9.59 Å². The molecule has 1 saturated heterocycles. The van der Waals surface area contributed by atoms with Crippen molar-refractivity contribution < 1.29 is 9.59 Å². The molecule has 0 unspecified atom stereocenters. The number of aryl methyl sites for hydroxylation is 2. The summed E-state index contributed by atoms with van der Waals surface area (Å²) in [7, 11) is 1.69. The molecule has 162 valence electrons. The molecule has 1 aliphatic rings.